The zero-order valence-corrected chi connectivity index (χ0v) is 11.1. The summed E-state index contributed by atoms with van der Waals surface area (Å²) in [6.45, 7) is 2.53. The fourth-order valence-corrected chi connectivity index (χ4v) is 1.93. The lowest BCUT2D eigenvalue weighted by Crippen LogP contribution is -2.25. The van der Waals surface area contributed by atoms with Crippen molar-refractivity contribution in [3.8, 4) is 0 Å². The Bertz CT molecular complexity index is 382. The first-order valence-electron chi connectivity index (χ1n) is 5.64. The van der Waals surface area contributed by atoms with Crippen LogP contribution in [0.1, 0.15) is 28.9 Å². The van der Waals surface area contributed by atoms with E-state index in [-0.39, 0.29) is 5.91 Å². The maximum Gasteiger partial charge on any atom is 0.254 e. The van der Waals surface area contributed by atoms with E-state index in [0.717, 1.165) is 24.3 Å². The number of unbranched alkanes of at least 4 members (excludes halogenated alkanes) is 1. The number of hydrogen-bond acceptors (Lipinski definition) is 4. The third-order valence-corrected chi connectivity index (χ3v) is 3.08. The molecule has 0 bridgehead atoms. The number of nitrogen functional groups attached to an aromatic ring is 1. The third kappa shape index (κ3) is 4.65. The monoisotopic (exact) mass is 253 g/mol. The van der Waals surface area contributed by atoms with E-state index >= 15 is 0 Å². The molecule has 0 radical (unpaired) electrons. The van der Waals surface area contributed by atoms with Crippen molar-refractivity contribution in [2.75, 3.05) is 24.3 Å². The van der Waals surface area contributed by atoms with Gasteiger partial charge in [0.05, 0.1) is 5.56 Å². The highest BCUT2D eigenvalue weighted by molar-refractivity contribution is 7.98. The van der Waals surface area contributed by atoms with E-state index < -0.39 is 0 Å². The van der Waals surface area contributed by atoms with Crippen molar-refractivity contribution in [2.24, 2.45) is 0 Å². The summed E-state index contributed by atoms with van der Waals surface area (Å²) in [7, 11) is 0. The molecule has 0 aliphatic heterocycles. The molecule has 4 nitrogen and oxygen atoms in total. The van der Waals surface area contributed by atoms with Gasteiger partial charge in [0.25, 0.3) is 5.91 Å². The minimum absolute atomic E-state index is 0.140. The van der Waals surface area contributed by atoms with Crippen LogP contribution in [0.2, 0.25) is 0 Å². The maximum atomic E-state index is 11.8. The van der Waals surface area contributed by atoms with Gasteiger partial charge in [0.1, 0.15) is 0 Å². The predicted octanol–water partition coefficient (Wildman–Crippen LogP) is 1.85. The Balaban J connectivity index is 2.42. The van der Waals surface area contributed by atoms with Crippen molar-refractivity contribution < 1.29 is 4.79 Å². The van der Waals surface area contributed by atoms with Crippen molar-refractivity contribution >= 4 is 23.4 Å². The van der Waals surface area contributed by atoms with Gasteiger partial charge in [-0.25, -0.2) is 0 Å². The third-order valence-electron chi connectivity index (χ3n) is 2.38. The van der Waals surface area contributed by atoms with Gasteiger partial charge in [-0.15, -0.1) is 0 Å². The number of nitrogens with zero attached hydrogens (tertiary/aromatic N) is 1. The highest BCUT2D eigenvalue weighted by atomic mass is 32.2. The van der Waals surface area contributed by atoms with E-state index in [1.54, 1.807) is 6.07 Å². The summed E-state index contributed by atoms with van der Waals surface area (Å²) in [5.74, 6) is 0.989. The average Bonchev–Trinajstić information content (AvgIpc) is 2.28. The van der Waals surface area contributed by atoms with Crippen LogP contribution in [0.5, 0.6) is 0 Å². The Labute approximate surface area is 106 Å². The van der Waals surface area contributed by atoms with E-state index in [1.807, 2.05) is 18.7 Å². The second kappa shape index (κ2) is 7.17. The molecular formula is C12H19N3OS. The van der Waals surface area contributed by atoms with Crippen LogP contribution < -0.4 is 11.1 Å². The lowest BCUT2D eigenvalue weighted by Gasteiger charge is -2.07. The van der Waals surface area contributed by atoms with E-state index in [2.05, 4.69) is 16.6 Å². The molecule has 1 heterocycles. The van der Waals surface area contributed by atoms with Gasteiger partial charge in [0.2, 0.25) is 0 Å². The minimum atomic E-state index is -0.140. The first kappa shape index (κ1) is 13.8. The van der Waals surface area contributed by atoms with Crippen LogP contribution >= 0.6 is 11.8 Å². The fourth-order valence-electron chi connectivity index (χ4n) is 1.44. The second-order valence-corrected chi connectivity index (χ2v) is 4.85. The zero-order valence-electron chi connectivity index (χ0n) is 10.3. The molecule has 17 heavy (non-hydrogen) atoms. The van der Waals surface area contributed by atoms with Crippen molar-refractivity contribution in [3.63, 3.8) is 0 Å². The van der Waals surface area contributed by atoms with Gasteiger partial charge in [-0.2, -0.15) is 11.8 Å². The molecule has 0 aliphatic carbocycles. The topological polar surface area (TPSA) is 68.0 Å². The fraction of sp³-hybridized carbons (Fsp3) is 0.500. The number of carbonyl (C=O) groups is 1. The summed E-state index contributed by atoms with van der Waals surface area (Å²) in [4.78, 5) is 15.8. The molecule has 0 spiro atoms. The van der Waals surface area contributed by atoms with E-state index in [0.29, 0.717) is 17.8 Å². The Morgan fingerprint density at radius 3 is 2.94 bits per heavy atom. The van der Waals surface area contributed by atoms with Gasteiger partial charge < -0.3 is 11.1 Å². The van der Waals surface area contributed by atoms with Gasteiger partial charge in [0, 0.05) is 24.1 Å². The van der Waals surface area contributed by atoms with Crippen LogP contribution in [-0.4, -0.2) is 29.4 Å². The van der Waals surface area contributed by atoms with Gasteiger partial charge in [-0.05, 0) is 37.8 Å². The average molecular weight is 253 g/mol. The zero-order chi connectivity index (χ0) is 12.7. The van der Waals surface area contributed by atoms with Crippen LogP contribution in [-0.2, 0) is 0 Å². The van der Waals surface area contributed by atoms with Crippen LogP contribution in [0, 0.1) is 6.92 Å². The first-order chi connectivity index (χ1) is 8.15. The number of anilines is 1. The normalized spacial score (nSPS) is 10.2. The number of amides is 1. The summed E-state index contributed by atoms with van der Waals surface area (Å²) in [6.07, 6.45) is 5.72. The first-order valence-corrected chi connectivity index (χ1v) is 7.03. The minimum Gasteiger partial charge on any atom is -0.398 e. The molecule has 0 saturated carbocycles. The van der Waals surface area contributed by atoms with Crippen LogP contribution in [0.15, 0.2) is 12.3 Å². The number of hydrogen-bond donors (Lipinski definition) is 2. The molecule has 0 fully saturated rings. The molecule has 0 saturated heterocycles. The smallest absolute Gasteiger partial charge is 0.254 e. The molecule has 1 amide bonds. The SMILES string of the molecule is CSCCCCNC(=O)c1cnc(C)cc1N. The Morgan fingerprint density at radius 2 is 2.29 bits per heavy atom. The number of aryl methyl sites for hydroxylation is 1. The van der Waals surface area contributed by atoms with E-state index in [9.17, 15) is 4.79 Å². The van der Waals surface area contributed by atoms with Crippen molar-refractivity contribution in [3.05, 3.63) is 23.5 Å². The molecule has 1 rings (SSSR count). The van der Waals surface area contributed by atoms with Crippen LogP contribution in [0.25, 0.3) is 0 Å². The molecule has 5 heteroatoms. The number of aromatic nitrogens is 1. The van der Waals surface area contributed by atoms with Crippen molar-refractivity contribution in [2.45, 2.75) is 19.8 Å². The summed E-state index contributed by atoms with van der Waals surface area (Å²) in [5.41, 5.74) is 7.53. The quantitative estimate of drug-likeness (QED) is 0.759. The Hall–Kier alpha value is -1.23. The lowest BCUT2D eigenvalue weighted by atomic mass is 10.2. The van der Waals surface area contributed by atoms with Gasteiger partial charge in [-0.3, -0.25) is 9.78 Å². The van der Waals surface area contributed by atoms with E-state index in [1.165, 1.54) is 6.20 Å². The van der Waals surface area contributed by atoms with Gasteiger partial charge in [0.15, 0.2) is 0 Å². The number of thioether (sulfide) groups is 1. The molecule has 0 aromatic carbocycles. The summed E-state index contributed by atoms with van der Waals surface area (Å²) in [6, 6.07) is 1.71. The molecule has 0 unspecified atom stereocenters. The highest BCUT2D eigenvalue weighted by Gasteiger charge is 2.09. The van der Waals surface area contributed by atoms with Crippen molar-refractivity contribution in [1.29, 1.82) is 0 Å². The van der Waals surface area contributed by atoms with Crippen molar-refractivity contribution in [1.82, 2.24) is 10.3 Å². The Morgan fingerprint density at radius 1 is 1.53 bits per heavy atom. The summed E-state index contributed by atoms with van der Waals surface area (Å²) < 4.78 is 0. The molecule has 94 valence electrons. The maximum absolute atomic E-state index is 11.8. The van der Waals surface area contributed by atoms with Gasteiger partial charge >= 0.3 is 0 Å². The number of nitrogens with one attached hydrogen (secondary N) is 1. The molecule has 1 aromatic heterocycles. The number of rotatable bonds is 6. The second-order valence-electron chi connectivity index (χ2n) is 3.87. The molecular weight excluding hydrogens is 234 g/mol. The molecule has 0 aliphatic rings. The largest absolute Gasteiger partial charge is 0.398 e. The summed E-state index contributed by atoms with van der Waals surface area (Å²) in [5, 5.41) is 2.85. The highest BCUT2D eigenvalue weighted by Crippen LogP contribution is 2.11. The number of pyridine rings is 1. The van der Waals surface area contributed by atoms with E-state index in [4.69, 9.17) is 5.73 Å². The summed E-state index contributed by atoms with van der Waals surface area (Å²) >= 11 is 1.82. The standard InChI is InChI=1S/C12H19N3OS/c1-9-7-11(13)10(8-15-9)12(16)14-5-3-4-6-17-2/h7-8H,3-6H2,1-2H3,(H2,13,15)(H,14,16). The number of carbonyl (C=O) groups excluding carboxylic acids is 1. The molecule has 0 atom stereocenters. The number of nitrogens with two attached hydrogens (primary N) is 1. The predicted molar refractivity (Wildman–Crippen MR) is 73.3 cm³/mol. The molecule has 1 aromatic rings. The Kier molecular flexibility index (Phi) is 5.83. The lowest BCUT2D eigenvalue weighted by molar-refractivity contribution is 0.0953. The van der Waals surface area contributed by atoms with Crippen LogP contribution in [0.4, 0.5) is 5.69 Å². The van der Waals surface area contributed by atoms with Crippen LogP contribution in [0.3, 0.4) is 0 Å². The van der Waals surface area contributed by atoms with Gasteiger partial charge in [-0.1, -0.05) is 0 Å². The molecule has 3 N–H and O–H groups in total.